The van der Waals surface area contributed by atoms with Crippen molar-refractivity contribution < 1.29 is 29.3 Å². The van der Waals surface area contributed by atoms with E-state index in [1.165, 1.54) is 43.5 Å². The highest BCUT2D eigenvalue weighted by molar-refractivity contribution is 6.06. The lowest BCUT2D eigenvalue weighted by Crippen LogP contribution is -2.13. The Kier molecular flexibility index (Phi) is 4.61. The number of esters is 1. The van der Waals surface area contributed by atoms with Crippen LogP contribution in [0.4, 0.5) is 5.69 Å². The van der Waals surface area contributed by atoms with E-state index in [1.54, 1.807) is 0 Å². The Hall–Kier alpha value is -3.35. The molecule has 2 aromatic carbocycles. The number of hydrogen-bond donors (Lipinski definition) is 3. The summed E-state index contributed by atoms with van der Waals surface area (Å²) >= 11 is 0. The van der Waals surface area contributed by atoms with Gasteiger partial charge < -0.3 is 20.3 Å². The third-order valence-electron chi connectivity index (χ3n) is 3.04. The normalized spacial score (nSPS) is 9.96. The monoisotopic (exact) mass is 315 g/mol. The average Bonchev–Trinajstić information content (AvgIpc) is 2.55. The number of hydrogen-bond acceptors (Lipinski definition) is 5. The third kappa shape index (κ3) is 3.65. The molecule has 7 heteroatoms. The summed E-state index contributed by atoms with van der Waals surface area (Å²) in [4.78, 5) is 34.4. The van der Waals surface area contributed by atoms with Gasteiger partial charge in [0.2, 0.25) is 0 Å². The standard InChI is InChI=1S/C16H13NO6/c1-23-16(22)11-4-2-3-9(7-11)14(19)17-12-6-5-10(15(20)21)8-13(12)18/h2-8,18H,1H3,(H,17,19)(H,20,21). The van der Waals surface area contributed by atoms with Crippen LogP contribution < -0.4 is 5.32 Å². The minimum atomic E-state index is -1.19. The molecule has 0 aliphatic carbocycles. The van der Waals surface area contributed by atoms with E-state index < -0.39 is 17.8 Å². The van der Waals surface area contributed by atoms with Crippen LogP contribution in [0.25, 0.3) is 0 Å². The number of aromatic carboxylic acids is 1. The number of anilines is 1. The number of ether oxygens (including phenoxy) is 1. The summed E-state index contributed by atoms with van der Waals surface area (Å²) in [5, 5.41) is 21.0. The number of carboxylic acid groups (broad SMARTS) is 1. The zero-order chi connectivity index (χ0) is 17.0. The maximum atomic E-state index is 12.2. The van der Waals surface area contributed by atoms with Gasteiger partial charge >= 0.3 is 11.9 Å². The van der Waals surface area contributed by atoms with Gasteiger partial charge in [-0.3, -0.25) is 4.79 Å². The molecule has 0 atom stereocenters. The average molecular weight is 315 g/mol. The minimum Gasteiger partial charge on any atom is -0.506 e. The Balaban J connectivity index is 2.22. The summed E-state index contributed by atoms with van der Waals surface area (Å²) in [5.41, 5.74) is 0.358. The molecular formula is C16H13NO6. The molecule has 2 rings (SSSR count). The summed E-state index contributed by atoms with van der Waals surface area (Å²) in [6.45, 7) is 0. The number of phenols is 1. The number of benzene rings is 2. The van der Waals surface area contributed by atoms with Crippen molar-refractivity contribution in [3.63, 3.8) is 0 Å². The summed E-state index contributed by atoms with van der Waals surface area (Å²) < 4.78 is 4.58. The molecule has 2 aromatic rings. The van der Waals surface area contributed by atoms with Crippen LogP contribution in [0.2, 0.25) is 0 Å². The second kappa shape index (κ2) is 6.61. The topological polar surface area (TPSA) is 113 Å². The van der Waals surface area contributed by atoms with Crippen molar-refractivity contribution in [2.75, 3.05) is 12.4 Å². The lowest BCUT2D eigenvalue weighted by molar-refractivity contribution is 0.0599. The molecule has 0 radical (unpaired) electrons. The maximum absolute atomic E-state index is 12.2. The summed E-state index contributed by atoms with van der Waals surface area (Å²) in [6.07, 6.45) is 0. The SMILES string of the molecule is COC(=O)c1cccc(C(=O)Nc2ccc(C(=O)O)cc2O)c1. The van der Waals surface area contributed by atoms with Crippen LogP contribution in [0, 0.1) is 0 Å². The molecule has 0 unspecified atom stereocenters. The Labute approximate surface area is 131 Å². The van der Waals surface area contributed by atoms with Crippen LogP contribution in [-0.2, 0) is 4.74 Å². The second-order valence-electron chi connectivity index (χ2n) is 4.56. The van der Waals surface area contributed by atoms with E-state index in [4.69, 9.17) is 5.11 Å². The fourth-order valence-corrected chi connectivity index (χ4v) is 1.87. The number of methoxy groups -OCH3 is 1. The van der Waals surface area contributed by atoms with Crippen LogP contribution in [-0.4, -0.2) is 35.2 Å². The molecule has 23 heavy (non-hydrogen) atoms. The van der Waals surface area contributed by atoms with E-state index in [9.17, 15) is 19.5 Å². The number of carbonyl (C=O) groups excluding carboxylic acids is 2. The smallest absolute Gasteiger partial charge is 0.337 e. The zero-order valence-electron chi connectivity index (χ0n) is 12.1. The summed E-state index contributed by atoms with van der Waals surface area (Å²) in [7, 11) is 1.23. The van der Waals surface area contributed by atoms with Gasteiger partial charge in [-0.25, -0.2) is 9.59 Å². The molecular weight excluding hydrogens is 302 g/mol. The van der Waals surface area contributed by atoms with Gasteiger partial charge in [-0.1, -0.05) is 6.07 Å². The molecule has 0 aromatic heterocycles. The highest BCUT2D eigenvalue weighted by Crippen LogP contribution is 2.25. The van der Waals surface area contributed by atoms with Crippen molar-refractivity contribution in [1.29, 1.82) is 0 Å². The molecule has 1 amide bonds. The molecule has 0 spiro atoms. The van der Waals surface area contributed by atoms with Gasteiger partial charge in [0.05, 0.1) is 23.9 Å². The van der Waals surface area contributed by atoms with Gasteiger partial charge in [-0.15, -0.1) is 0 Å². The van der Waals surface area contributed by atoms with Gasteiger partial charge in [0.15, 0.2) is 0 Å². The van der Waals surface area contributed by atoms with Gasteiger partial charge in [0, 0.05) is 5.56 Å². The Morgan fingerprint density at radius 2 is 1.70 bits per heavy atom. The van der Waals surface area contributed by atoms with Crippen molar-refractivity contribution in [3.05, 3.63) is 59.2 Å². The van der Waals surface area contributed by atoms with E-state index >= 15 is 0 Å². The molecule has 0 saturated carbocycles. The Morgan fingerprint density at radius 1 is 1.00 bits per heavy atom. The predicted octanol–water partition coefficient (Wildman–Crippen LogP) is 2.13. The van der Waals surface area contributed by atoms with E-state index in [0.717, 1.165) is 6.07 Å². The number of rotatable bonds is 4. The van der Waals surface area contributed by atoms with E-state index in [2.05, 4.69) is 10.1 Å². The first kappa shape index (κ1) is 16.0. The number of amides is 1. The molecule has 0 saturated heterocycles. The Morgan fingerprint density at radius 3 is 2.30 bits per heavy atom. The second-order valence-corrected chi connectivity index (χ2v) is 4.56. The summed E-state index contributed by atoms with van der Waals surface area (Å²) in [6, 6.07) is 9.43. The van der Waals surface area contributed by atoms with Crippen molar-refractivity contribution >= 4 is 23.5 Å². The first-order valence-electron chi connectivity index (χ1n) is 6.48. The quantitative estimate of drug-likeness (QED) is 0.588. The van der Waals surface area contributed by atoms with Gasteiger partial charge in [-0.05, 0) is 36.4 Å². The van der Waals surface area contributed by atoms with Crippen molar-refractivity contribution in [2.24, 2.45) is 0 Å². The molecule has 3 N–H and O–H groups in total. The van der Waals surface area contributed by atoms with Crippen LogP contribution in [0.15, 0.2) is 42.5 Å². The number of aromatic hydroxyl groups is 1. The third-order valence-corrected chi connectivity index (χ3v) is 3.04. The first-order chi connectivity index (χ1) is 10.9. The lowest BCUT2D eigenvalue weighted by Gasteiger charge is -2.09. The van der Waals surface area contributed by atoms with Gasteiger partial charge in [-0.2, -0.15) is 0 Å². The van der Waals surface area contributed by atoms with Crippen molar-refractivity contribution in [2.45, 2.75) is 0 Å². The van der Waals surface area contributed by atoms with Crippen LogP contribution in [0.3, 0.4) is 0 Å². The van der Waals surface area contributed by atoms with E-state index in [-0.39, 0.29) is 28.1 Å². The van der Waals surface area contributed by atoms with Crippen LogP contribution in [0.5, 0.6) is 5.75 Å². The number of carbonyl (C=O) groups is 3. The summed E-state index contributed by atoms with van der Waals surface area (Å²) in [5.74, 6) is -2.70. The fraction of sp³-hybridized carbons (Fsp3) is 0.0625. The van der Waals surface area contributed by atoms with Crippen LogP contribution >= 0.6 is 0 Å². The highest BCUT2D eigenvalue weighted by atomic mass is 16.5. The molecule has 7 nitrogen and oxygen atoms in total. The molecule has 0 heterocycles. The predicted molar refractivity (Wildman–Crippen MR) is 80.8 cm³/mol. The minimum absolute atomic E-state index is 0.0588. The van der Waals surface area contributed by atoms with Crippen molar-refractivity contribution in [3.8, 4) is 5.75 Å². The van der Waals surface area contributed by atoms with E-state index in [1.807, 2.05) is 0 Å². The lowest BCUT2D eigenvalue weighted by atomic mass is 10.1. The zero-order valence-corrected chi connectivity index (χ0v) is 12.1. The van der Waals surface area contributed by atoms with Gasteiger partial charge in [0.25, 0.3) is 5.91 Å². The highest BCUT2D eigenvalue weighted by Gasteiger charge is 2.13. The fourth-order valence-electron chi connectivity index (χ4n) is 1.87. The van der Waals surface area contributed by atoms with Crippen LogP contribution in [0.1, 0.15) is 31.1 Å². The molecule has 0 aliphatic rings. The number of nitrogens with one attached hydrogen (secondary N) is 1. The maximum Gasteiger partial charge on any atom is 0.337 e. The molecule has 118 valence electrons. The molecule has 0 fully saturated rings. The van der Waals surface area contributed by atoms with E-state index in [0.29, 0.717) is 0 Å². The number of phenolic OH excluding ortho intramolecular Hbond substituents is 1. The largest absolute Gasteiger partial charge is 0.506 e. The van der Waals surface area contributed by atoms with Gasteiger partial charge in [0.1, 0.15) is 5.75 Å². The molecule has 0 bridgehead atoms. The Bertz CT molecular complexity index is 784. The first-order valence-corrected chi connectivity index (χ1v) is 6.48. The molecule has 0 aliphatic heterocycles. The van der Waals surface area contributed by atoms with Crippen molar-refractivity contribution in [1.82, 2.24) is 0 Å². The number of carboxylic acids is 1.